The van der Waals surface area contributed by atoms with Gasteiger partial charge in [-0.05, 0) is 37.8 Å². The van der Waals surface area contributed by atoms with E-state index in [0.717, 1.165) is 19.4 Å². The average molecular weight is 269 g/mol. The van der Waals surface area contributed by atoms with Gasteiger partial charge in [0.05, 0.1) is 0 Å². The highest BCUT2D eigenvalue weighted by molar-refractivity contribution is 7.89. The number of sulfonamides is 1. The van der Waals surface area contributed by atoms with Crippen molar-refractivity contribution in [1.82, 2.24) is 9.29 Å². The molecule has 1 fully saturated rings. The second-order valence-electron chi connectivity index (χ2n) is 4.64. The van der Waals surface area contributed by atoms with Crippen LogP contribution in [0.3, 0.4) is 0 Å². The highest BCUT2D eigenvalue weighted by atomic mass is 32.2. The minimum absolute atomic E-state index is 0.257. The lowest BCUT2D eigenvalue weighted by Crippen LogP contribution is -2.29. The molecule has 0 amide bonds. The van der Waals surface area contributed by atoms with Gasteiger partial charge in [0.25, 0.3) is 0 Å². The SMILES string of the molecule is CCNc1ccc(S(=O)(=O)N(C)CC2CC2)cn1. The van der Waals surface area contributed by atoms with Gasteiger partial charge in [0, 0.05) is 26.3 Å². The van der Waals surface area contributed by atoms with E-state index in [4.69, 9.17) is 0 Å². The lowest BCUT2D eigenvalue weighted by molar-refractivity contribution is 0.452. The molecular formula is C12H19N3O2S. The van der Waals surface area contributed by atoms with Gasteiger partial charge in [-0.3, -0.25) is 0 Å². The molecule has 1 aliphatic rings. The molecule has 0 spiro atoms. The van der Waals surface area contributed by atoms with Crippen LogP contribution in [0.1, 0.15) is 19.8 Å². The number of hydrogen-bond acceptors (Lipinski definition) is 4. The third kappa shape index (κ3) is 3.00. The fraction of sp³-hybridized carbons (Fsp3) is 0.583. The summed E-state index contributed by atoms with van der Waals surface area (Å²) in [5.74, 6) is 1.24. The number of nitrogens with zero attached hydrogens (tertiary/aromatic N) is 2. The van der Waals surface area contributed by atoms with Crippen molar-refractivity contribution in [2.45, 2.75) is 24.7 Å². The number of hydrogen-bond donors (Lipinski definition) is 1. The topological polar surface area (TPSA) is 62.3 Å². The van der Waals surface area contributed by atoms with Gasteiger partial charge in [0.1, 0.15) is 10.7 Å². The molecule has 0 radical (unpaired) electrons. The fourth-order valence-electron chi connectivity index (χ4n) is 1.76. The number of pyridine rings is 1. The van der Waals surface area contributed by atoms with Crippen molar-refractivity contribution in [2.24, 2.45) is 5.92 Å². The third-order valence-electron chi connectivity index (χ3n) is 3.01. The lowest BCUT2D eigenvalue weighted by Gasteiger charge is -2.16. The Bertz CT molecular complexity index is 495. The summed E-state index contributed by atoms with van der Waals surface area (Å²) in [4.78, 5) is 4.35. The van der Waals surface area contributed by atoms with Crippen LogP contribution < -0.4 is 5.32 Å². The normalized spacial score (nSPS) is 15.9. The Morgan fingerprint density at radius 3 is 2.67 bits per heavy atom. The van der Waals surface area contributed by atoms with E-state index in [9.17, 15) is 8.42 Å². The molecule has 1 N–H and O–H groups in total. The molecule has 0 atom stereocenters. The second-order valence-corrected chi connectivity index (χ2v) is 6.68. The van der Waals surface area contributed by atoms with Gasteiger partial charge in [-0.1, -0.05) is 0 Å². The summed E-state index contributed by atoms with van der Waals surface area (Å²) in [6.07, 6.45) is 3.69. The molecule has 1 aliphatic carbocycles. The van der Waals surface area contributed by atoms with Gasteiger partial charge >= 0.3 is 0 Å². The zero-order valence-corrected chi connectivity index (χ0v) is 11.6. The largest absolute Gasteiger partial charge is 0.370 e. The van der Waals surface area contributed by atoms with E-state index < -0.39 is 10.0 Å². The van der Waals surface area contributed by atoms with Crippen molar-refractivity contribution < 1.29 is 8.42 Å². The first kappa shape index (κ1) is 13.3. The van der Waals surface area contributed by atoms with Crippen LogP contribution in [0.15, 0.2) is 23.2 Å². The van der Waals surface area contributed by atoms with Crippen molar-refractivity contribution in [3.8, 4) is 0 Å². The van der Waals surface area contributed by atoms with Crippen LogP contribution in [0.5, 0.6) is 0 Å². The number of rotatable bonds is 6. The third-order valence-corrected chi connectivity index (χ3v) is 4.82. The van der Waals surface area contributed by atoms with E-state index in [-0.39, 0.29) is 4.90 Å². The summed E-state index contributed by atoms with van der Waals surface area (Å²) < 4.78 is 25.9. The summed E-state index contributed by atoms with van der Waals surface area (Å²) in [5, 5.41) is 3.04. The maximum atomic E-state index is 12.2. The van der Waals surface area contributed by atoms with E-state index in [1.807, 2.05) is 6.92 Å². The van der Waals surface area contributed by atoms with E-state index in [2.05, 4.69) is 10.3 Å². The van der Waals surface area contributed by atoms with E-state index in [1.165, 1.54) is 10.5 Å². The molecule has 1 saturated carbocycles. The zero-order chi connectivity index (χ0) is 13.2. The number of aromatic nitrogens is 1. The average Bonchev–Trinajstić information content (AvgIpc) is 3.14. The van der Waals surface area contributed by atoms with E-state index in [0.29, 0.717) is 18.3 Å². The second kappa shape index (κ2) is 5.24. The number of anilines is 1. The Morgan fingerprint density at radius 1 is 1.44 bits per heavy atom. The van der Waals surface area contributed by atoms with Crippen LogP contribution in [0, 0.1) is 5.92 Å². The molecule has 0 bridgehead atoms. The van der Waals surface area contributed by atoms with Crippen LogP contribution in [-0.2, 0) is 10.0 Å². The standard InChI is InChI=1S/C12H19N3O2S/c1-3-13-12-7-6-11(8-14-12)18(16,17)15(2)9-10-4-5-10/h6-8,10H,3-5,9H2,1-2H3,(H,13,14). The van der Waals surface area contributed by atoms with Gasteiger partial charge < -0.3 is 5.32 Å². The molecule has 5 nitrogen and oxygen atoms in total. The van der Waals surface area contributed by atoms with Crippen LogP contribution in [0.2, 0.25) is 0 Å². The van der Waals surface area contributed by atoms with Crippen LogP contribution in [-0.4, -0.2) is 37.8 Å². The predicted octanol–water partition coefficient (Wildman–Crippen LogP) is 1.54. The maximum Gasteiger partial charge on any atom is 0.244 e. The molecule has 1 heterocycles. The molecule has 0 saturated heterocycles. The quantitative estimate of drug-likeness (QED) is 0.851. The summed E-state index contributed by atoms with van der Waals surface area (Å²) in [6, 6.07) is 3.30. The molecule has 100 valence electrons. The van der Waals surface area contributed by atoms with Crippen LogP contribution in [0.4, 0.5) is 5.82 Å². The fourth-order valence-corrected chi connectivity index (χ4v) is 2.95. The Kier molecular flexibility index (Phi) is 3.87. The Morgan fingerprint density at radius 2 is 2.17 bits per heavy atom. The Balaban J connectivity index is 2.12. The molecule has 1 aromatic rings. The zero-order valence-electron chi connectivity index (χ0n) is 10.8. The van der Waals surface area contributed by atoms with Crippen molar-refractivity contribution >= 4 is 15.8 Å². The Hall–Kier alpha value is -1.14. The minimum atomic E-state index is -3.38. The van der Waals surface area contributed by atoms with Crippen molar-refractivity contribution in [3.63, 3.8) is 0 Å². The monoisotopic (exact) mass is 269 g/mol. The van der Waals surface area contributed by atoms with Crippen molar-refractivity contribution in [1.29, 1.82) is 0 Å². The van der Waals surface area contributed by atoms with Crippen molar-refractivity contribution in [2.75, 3.05) is 25.5 Å². The van der Waals surface area contributed by atoms with E-state index >= 15 is 0 Å². The van der Waals surface area contributed by atoms with Gasteiger partial charge in [-0.15, -0.1) is 0 Å². The lowest BCUT2D eigenvalue weighted by atomic mass is 10.4. The first-order valence-corrected chi connectivity index (χ1v) is 7.64. The molecule has 0 unspecified atom stereocenters. The molecule has 1 aromatic heterocycles. The summed E-state index contributed by atoms with van der Waals surface area (Å²) in [5.41, 5.74) is 0. The minimum Gasteiger partial charge on any atom is -0.370 e. The van der Waals surface area contributed by atoms with Crippen LogP contribution >= 0.6 is 0 Å². The molecule has 18 heavy (non-hydrogen) atoms. The molecule has 6 heteroatoms. The van der Waals surface area contributed by atoms with Gasteiger partial charge in [0.2, 0.25) is 10.0 Å². The van der Waals surface area contributed by atoms with Crippen LogP contribution in [0.25, 0.3) is 0 Å². The smallest absolute Gasteiger partial charge is 0.244 e. The molecule has 2 rings (SSSR count). The first-order valence-electron chi connectivity index (χ1n) is 6.20. The molecule has 0 aromatic carbocycles. The predicted molar refractivity (Wildman–Crippen MR) is 70.9 cm³/mol. The summed E-state index contributed by atoms with van der Waals surface area (Å²) >= 11 is 0. The highest BCUT2D eigenvalue weighted by Gasteiger charge is 2.29. The molecular weight excluding hydrogens is 250 g/mol. The maximum absolute atomic E-state index is 12.2. The Labute approximate surface area is 108 Å². The van der Waals surface area contributed by atoms with E-state index in [1.54, 1.807) is 19.2 Å². The van der Waals surface area contributed by atoms with Gasteiger partial charge in [-0.2, -0.15) is 0 Å². The molecule has 0 aliphatic heterocycles. The van der Waals surface area contributed by atoms with Crippen molar-refractivity contribution in [3.05, 3.63) is 18.3 Å². The highest BCUT2D eigenvalue weighted by Crippen LogP contribution is 2.30. The van der Waals surface area contributed by atoms with Gasteiger partial charge in [0.15, 0.2) is 0 Å². The van der Waals surface area contributed by atoms with Gasteiger partial charge in [-0.25, -0.2) is 17.7 Å². The summed E-state index contributed by atoms with van der Waals surface area (Å²) in [7, 11) is -1.75. The number of nitrogens with one attached hydrogen (secondary N) is 1. The first-order chi connectivity index (χ1) is 8.54. The summed E-state index contributed by atoms with van der Waals surface area (Å²) in [6.45, 7) is 3.34.